The Bertz CT molecular complexity index is 241. The predicted octanol–water partition coefficient (Wildman–Crippen LogP) is 1.44. The third-order valence-electron chi connectivity index (χ3n) is 1.74. The molecule has 1 aliphatic carbocycles. The number of halogens is 1. The van der Waals surface area contributed by atoms with Crippen LogP contribution in [0.1, 0.15) is 6.92 Å². The molecule has 0 amide bonds. The monoisotopic (exact) mass is 168 g/mol. The molecule has 0 saturated carbocycles. The van der Waals surface area contributed by atoms with Crippen molar-refractivity contribution in [3.05, 3.63) is 35.6 Å². The quantitative estimate of drug-likeness (QED) is 0.612. The minimum absolute atomic E-state index is 0.311. The first-order chi connectivity index (χ1) is 5.76. The first-order valence-electron chi connectivity index (χ1n) is 3.93. The Morgan fingerprint density at radius 3 is 3.00 bits per heavy atom. The van der Waals surface area contributed by atoms with Crippen LogP contribution in [0.4, 0.5) is 4.48 Å². The highest BCUT2D eigenvalue weighted by atomic mass is 19.2. The fraction of sp³-hybridized carbons (Fsp3) is 0.333. The lowest BCUT2D eigenvalue weighted by Crippen LogP contribution is -2.04. The van der Waals surface area contributed by atoms with Crippen LogP contribution in [0, 0.1) is 5.92 Å². The number of hydrogen-bond acceptors (Lipinski definition) is 2. The van der Waals surface area contributed by atoms with Crippen molar-refractivity contribution in [2.45, 2.75) is 6.92 Å². The van der Waals surface area contributed by atoms with Gasteiger partial charge in [-0.1, -0.05) is 19.1 Å². The number of hydrogen-bond donors (Lipinski definition) is 2. The molecule has 0 heterocycles. The molecular weight excluding hydrogens is 155 g/mol. The summed E-state index contributed by atoms with van der Waals surface area (Å²) < 4.78 is 12.1. The average molecular weight is 168 g/mol. The first-order valence-corrected chi connectivity index (χ1v) is 3.93. The van der Waals surface area contributed by atoms with Gasteiger partial charge in [-0.2, -0.15) is 0 Å². The highest BCUT2D eigenvalue weighted by Crippen LogP contribution is 2.12. The van der Waals surface area contributed by atoms with Gasteiger partial charge in [0, 0.05) is 6.54 Å². The van der Waals surface area contributed by atoms with E-state index in [2.05, 4.69) is 0 Å². The Morgan fingerprint density at radius 2 is 2.42 bits per heavy atom. The van der Waals surface area contributed by atoms with Gasteiger partial charge in [-0.25, -0.2) is 5.54 Å². The van der Waals surface area contributed by atoms with Gasteiger partial charge in [0.15, 0.2) is 0 Å². The molecule has 0 bridgehead atoms. The summed E-state index contributed by atoms with van der Waals surface area (Å²) in [6.45, 7) is 2.47. The van der Waals surface area contributed by atoms with Gasteiger partial charge in [-0.15, -0.1) is 4.48 Å². The number of nitrogens with two attached hydrogens (primary N) is 1. The maximum atomic E-state index is 12.1. The molecule has 0 aromatic rings. The summed E-state index contributed by atoms with van der Waals surface area (Å²) in [5.41, 5.74) is 8.47. The molecular formula is C9H13FN2. The van der Waals surface area contributed by atoms with Gasteiger partial charge in [0.2, 0.25) is 0 Å². The molecule has 12 heavy (non-hydrogen) atoms. The molecule has 2 nitrogen and oxygen atoms in total. The maximum absolute atomic E-state index is 12.1. The Balaban J connectivity index is 2.86. The van der Waals surface area contributed by atoms with E-state index in [0.29, 0.717) is 18.2 Å². The van der Waals surface area contributed by atoms with Crippen molar-refractivity contribution < 1.29 is 4.48 Å². The molecule has 1 rings (SSSR count). The molecule has 0 fully saturated rings. The van der Waals surface area contributed by atoms with Crippen LogP contribution in [0.3, 0.4) is 0 Å². The molecule has 0 spiro atoms. The molecule has 0 radical (unpaired) electrons. The molecule has 1 aliphatic rings. The number of rotatable bonds is 2. The van der Waals surface area contributed by atoms with Crippen LogP contribution >= 0.6 is 0 Å². The van der Waals surface area contributed by atoms with Crippen molar-refractivity contribution in [3.8, 4) is 0 Å². The highest BCUT2D eigenvalue weighted by molar-refractivity contribution is 5.33. The van der Waals surface area contributed by atoms with E-state index in [1.54, 1.807) is 17.7 Å². The van der Waals surface area contributed by atoms with Gasteiger partial charge in [-0.05, 0) is 23.6 Å². The molecule has 3 heteroatoms. The van der Waals surface area contributed by atoms with Crippen LogP contribution in [0.2, 0.25) is 0 Å². The molecule has 0 saturated heterocycles. The zero-order valence-electron chi connectivity index (χ0n) is 7.05. The van der Waals surface area contributed by atoms with E-state index in [1.165, 1.54) is 0 Å². The molecule has 3 N–H and O–H groups in total. The van der Waals surface area contributed by atoms with Crippen LogP contribution in [-0.4, -0.2) is 6.54 Å². The second-order valence-corrected chi connectivity index (χ2v) is 2.86. The first kappa shape index (κ1) is 9.00. The van der Waals surface area contributed by atoms with Crippen molar-refractivity contribution in [2.24, 2.45) is 11.7 Å². The van der Waals surface area contributed by atoms with E-state index < -0.39 is 0 Å². The molecule has 0 aromatic carbocycles. The largest absolute Gasteiger partial charge is 0.327 e. The van der Waals surface area contributed by atoms with Gasteiger partial charge < -0.3 is 5.73 Å². The number of nitrogens with one attached hydrogen (secondary N) is 1. The third-order valence-corrected chi connectivity index (χ3v) is 1.74. The second-order valence-electron chi connectivity index (χ2n) is 2.86. The van der Waals surface area contributed by atoms with Gasteiger partial charge >= 0.3 is 0 Å². The normalized spacial score (nSPS) is 22.8. The SMILES string of the molecule is CC1C=CC(NF)=CC(CN)=C1. The molecule has 1 unspecified atom stereocenters. The standard InChI is InChI=1S/C9H13FN2/c1-7-2-3-9(12-10)5-8(4-7)6-11/h2-5,7,12H,6,11H2,1H3. The van der Waals surface area contributed by atoms with Crippen LogP contribution in [0.5, 0.6) is 0 Å². The van der Waals surface area contributed by atoms with Gasteiger partial charge in [-0.3, -0.25) is 0 Å². The van der Waals surface area contributed by atoms with E-state index in [-0.39, 0.29) is 0 Å². The minimum Gasteiger partial charge on any atom is -0.327 e. The lowest BCUT2D eigenvalue weighted by molar-refractivity contribution is 0.392. The van der Waals surface area contributed by atoms with Crippen molar-refractivity contribution in [1.82, 2.24) is 5.54 Å². The Hall–Kier alpha value is -1.09. The minimum atomic E-state index is 0.311. The molecule has 66 valence electrons. The van der Waals surface area contributed by atoms with E-state index in [4.69, 9.17) is 5.73 Å². The zero-order chi connectivity index (χ0) is 8.97. The van der Waals surface area contributed by atoms with E-state index in [0.717, 1.165) is 5.57 Å². The average Bonchev–Trinajstić information content (AvgIpc) is 2.26. The van der Waals surface area contributed by atoms with E-state index >= 15 is 0 Å². The van der Waals surface area contributed by atoms with Crippen LogP contribution < -0.4 is 11.3 Å². The maximum Gasteiger partial charge on any atom is 0.0655 e. The second kappa shape index (κ2) is 4.07. The molecule has 0 aliphatic heterocycles. The molecule has 1 atom stereocenters. The van der Waals surface area contributed by atoms with Crippen molar-refractivity contribution in [3.63, 3.8) is 0 Å². The Kier molecular flexibility index (Phi) is 3.05. The highest BCUT2D eigenvalue weighted by Gasteiger charge is 2.01. The lowest BCUT2D eigenvalue weighted by Gasteiger charge is -1.99. The van der Waals surface area contributed by atoms with E-state index in [9.17, 15) is 4.48 Å². The summed E-state index contributed by atoms with van der Waals surface area (Å²) in [5, 5.41) is 0. The summed E-state index contributed by atoms with van der Waals surface area (Å²) in [6, 6.07) is 0. The fourth-order valence-electron chi connectivity index (χ4n) is 1.13. The third kappa shape index (κ3) is 2.20. The molecule has 0 aromatic heterocycles. The van der Waals surface area contributed by atoms with Gasteiger partial charge in [0.1, 0.15) is 0 Å². The van der Waals surface area contributed by atoms with E-state index in [1.807, 2.05) is 19.1 Å². The van der Waals surface area contributed by atoms with Crippen molar-refractivity contribution in [2.75, 3.05) is 6.54 Å². The lowest BCUT2D eigenvalue weighted by atomic mass is 10.1. The van der Waals surface area contributed by atoms with Crippen LogP contribution in [0.15, 0.2) is 35.6 Å². The van der Waals surface area contributed by atoms with Crippen LogP contribution in [-0.2, 0) is 0 Å². The van der Waals surface area contributed by atoms with Crippen molar-refractivity contribution in [1.29, 1.82) is 0 Å². The topological polar surface area (TPSA) is 38.0 Å². The van der Waals surface area contributed by atoms with Crippen LogP contribution in [0.25, 0.3) is 0 Å². The number of allylic oxidation sites excluding steroid dienone is 3. The Labute approximate surface area is 71.6 Å². The summed E-state index contributed by atoms with van der Waals surface area (Å²) >= 11 is 0. The summed E-state index contributed by atoms with van der Waals surface area (Å²) in [4.78, 5) is 0. The zero-order valence-corrected chi connectivity index (χ0v) is 7.05. The smallest absolute Gasteiger partial charge is 0.0655 e. The predicted molar refractivity (Wildman–Crippen MR) is 47.8 cm³/mol. The van der Waals surface area contributed by atoms with Gasteiger partial charge in [0.05, 0.1) is 5.70 Å². The summed E-state index contributed by atoms with van der Waals surface area (Å²) in [6.07, 6.45) is 7.35. The van der Waals surface area contributed by atoms with Gasteiger partial charge in [0.25, 0.3) is 0 Å². The summed E-state index contributed by atoms with van der Waals surface area (Å²) in [5.74, 6) is 0.311. The fourth-order valence-corrected chi connectivity index (χ4v) is 1.13. The Morgan fingerprint density at radius 1 is 1.67 bits per heavy atom. The van der Waals surface area contributed by atoms with Crippen molar-refractivity contribution >= 4 is 0 Å². The summed E-state index contributed by atoms with van der Waals surface area (Å²) in [7, 11) is 0.